The molecule has 1 aromatic heterocycles. The Morgan fingerprint density at radius 2 is 2.00 bits per heavy atom. The summed E-state index contributed by atoms with van der Waals surface area (Å²) < 4.78 is 10.5. The van der Waals surface area contributed by atoms with Crippen molar-refractivity contribution < 1.29 is 14.3 Å². The predicted octanol–water partition coefficient (Wildman–Crippen LogP) is 2.56. The van der Waals surface area contributed by atoms with Crippen molar-refractivity contribution in [2.24, 2.45) is 5.41 Å². The second-order valence-electron chi connectivity index (χ2n) is 8.04. The van der Waals surface area contributed by atoms with Gasteiger partial charge in [-0.05, 0) is 37.0 Å². The number of amides is 1. The van der Waals surface area contributed by atoms with Gasteiger partial charge in [-0.3, -0.25) is 4.79 Å². The van der Waals surface area contributed by atoms with Crippen LogP contribution in [0.2, 0.25) is 0 Å². The van der Waals surface area contributed by atoms with E-state index in [1.165, 1.54) is 0 Å². The van der Waals surface area contributed by atoms with Crippen molar-refractivity contribution in [1.82, 2.24) is 14.9 Å². The molecule has 1 aromatic carbocycles. The van der Waals surface area contributed by atoms with Gasteiger partial charge in [-0.1, -0.05) is 12.1 Å². The molecule has 4 rings (SSSR count). The lowest BCUT2D eigenvalue weighted by molar-refractivity contribution is -0.129. The van der Waals surface area contributed by atoms with Gasteiger partial charge in [-0.2, -0.15) is 0 Å². The molecule has 1 spiro atoms. The summed E-state index contributed by atoms with van der Waals surface area (Å²) in [7, 11) is 3.26. The van der Waals surface area contributed by atoms with Crippen molar-refractivity contribution in [3.05, 3.63) is 42.2 Å². The first-order valence-electron chi connectivity index (χ1n) is 10.1. The van der Waals surface area contributed by atoms with E-state index < -0.39 is 0 Å². The molecule has 0 N–H and O–H groups in total. The second kappa shape index (κ2) is 8.27. The minimum Gasteiger partial charge on any atom is -0.497 e. The van der Waals surface area contributed by atoms with Crippen LogP contribution in [-0.2, 0) is 11.2 Å². The van der Waals surface area contributed by atoms with Crippen LogP contribution in [-0.4, -0.2) is 61.2 Å². The molecule has 0 unspecified atom stereocenters. The average Bonchev–Trinajstić information content (AvgIpc) is 3.17. The molecule has 0 aliphatic carbocycles. The highest BCUT2D eigenvalue weighted by Crippen LogP contribution is 2.40. The number of anilines is 1. The number of ether oxygens (including phenoxy) is 2. The first kappa shape index (κ1) is 19.5. The third-order valence-electron chi connectivity index (χ3n) is 6.10. The van der Waals surface area contributed by atoms with Gasteiger partial charge in [0.25, 0.3) is 0 Å². The second-order valence-corrected chi connectivity index (χ2v) is 8.04. The van der Waals surface area contributed by atoms with Gasteiger partial charge < -0.3 is 19.3 Å². The van der Waals surface area contributed by atoms with Gasteiger partial charge in [-0.25, -0.2) is 9.97 Å². The number of hydrogen-bond donors (Lipinski definition) is 0. The number of likely N-dealkylation sites (tertiary alicyclic amines) is 1. The van der Waals surface area contributed by atoms with E-state index in [1.807, 2.05) is 35.2 Å². The molecule has 0 bridgehead atoms. The van der Waals surface area contributed by atoms with Crippen LogP contribution in [0.5, 0.6) is 11.6 Å². The number of carbonyl (C=O) groups excluding carboxylic acids is 1. The normalized spacial score (nSPS) is 21.4. The van der Waals surface area contributed by atoms with Crippen molar-refractivity contribution in [2.75, 3.05) is 45.3 Å². The van der Waals surface area contributed by atoms with Crippen molar-refractivity contribution in [3.63, 3.8) is 0 Å². The number of nitrogens with zero attached hydrogens (tertiary/aromatic N) is 4. The van der Waals surface area contributed by atoms with Gasteiger partial charge in [0.15, 0.2) is 0 Å². The van der Waals surface area contributed by atoms with Crippen LogP contribution in [0.25, 0.3) is 0 Å². The number of methoxy groups -OCH3 is 2. The highest BCUT2D eigenvalue weighted by molar-refractivity contribution is 5.79. The summed E-state index contributed by atoms with van der Waals surface area (Å²) in [5.41, 5.74) is 1.13. The molecule has 1 atom stereocenters. The van der Waals surface area contributed by atoms with E-state index in [1.54, 1.807) is 20.5 Å². The summed E-state index contributed by atoms with van der Waals surface area (Å²) in [6.07, 6.45) is 5.25. The Hall–Kier alpha value is -2.83. The van der Waals surface area contributed by atoms with Crippen molar-refractivity contribution in [3.8, 4) is 11.6 Å². The summed E-state index contributed by atoms with van der Waals surface area (Å²) in [6.45, 7) is 3.52. The minimum atomic E-state index is 0.139. The number of aromatic nitrogens is 2. The average molecular weight is 396 g/mol. The maximum atomic E-state index is 12.9. The molecule has 2 aliphatic heterocycles. The number of rotatable bonds is 5. The highest BCUT2D eigenvalue weighted by Gasteiger charge is 2.43. The van der Waals surface area contributed by atoms with Crippen molar-refractivity contribution in [1.29, 1.82) is 0 Å². The van der Waals surface area contributed by atoms with Crippen LogP contribution in [0.15, 0.2) is 36.7 Å². The van der Waals surface area contributed by atoms with Gasteiger partial charge in [0, 0.05) is 37.7 Å². The molecule has 2 aliphatic rings. The van der Waals surface area contributed by atoms with E-state index >= 15 is 0 Å². The Morgan fingerprint density at radius 1 is 1.10 bits per heavy atom. The third-order valence-corrected chi connectivity index (χ3v) is 6.10. The Bertz CT molecular complexity index is 875. The lowest BCUT2D eigenvalue weighted by atomic mass is 9.79. The topological polar surface area (TPSA) is 67.8 Å². The molecule has 154 valence electrons. The zero-order chi connectivity index (χ0) is 20.3. The minimum absolute atomic E-state index is 0.139. The Labute approximate surface area is 171 Å². The zero-order valence-electron chi connectivity index (χ0n) is 17.1. The first-order chi connectivity index (χ1) is 14.1. The molecule has 2 saturated heterocycles. The fourth-order valence-electron chi connectivity index (χ4n) is 4.57. The molecule has 0 radical (unpaired) electrons. The monoisotopic (exact) mass is 396 g/mol. The number of hydrogen-bond acceptors (Lipinski definition) is 6. The van der Waals surface area contributed by atoms with Crippen LogP contribution in [0.1, 0.15) is 24.8 Å². The van der Waals surface area contributed by atoms with E-state index in [-0.39, 0.29) is 11.3 Å². The van der Waals surface area contributed by atoms with E-state index in [0.29, 0.717) is 12.3 Å². The molecule has 7 nitrogen and oxygen atoms in total. The van der Waals surface area contributed by atoms with Gasteiger partial charge in [0.05, 0.1) is 20.6 Å². The Kier molecular flexibility index (Phi) is 5.56. The van der Waals surface area contributed by atoms with E-state index in [0.717, 1.165) is 62.6 Å². The quantitative estimate of drug-likeness (QED) is 0.774. The molecule has 2 aromatic rings. The zero-order valence-corrected chi connectivity index (χ0v) is 17.1. The standard InChI is InChI=1S/C22H28N4O3/c1-28-18-6-3-5-17(11-18)12-21(27)26-10-8-22(15-26)7-4-9-25(14-22)19-13-20(29-2)24-16-23-19/h3,5-6,11,13,16H,4,7-10,12,14-15H2,1-2H3/t22-/m0/s1. The molecule has 3 heterocycles. The SMILES string of the molecule is COc1cccc(CC(=O)N2CC[C@]3(CCCN(c4cc(OC)ncn4)C3)C2)c1. The fourth-order valence-corrected chi connectivity index (χ4v) is 4.57. The molecule has 0 saturated carbocycles. The summed E-state index contributed by atoms with van der Waals surface area (Å²) in [6, 6.07) is 9.64. The molecule has 7 heteroatoms. The number of piperidine rings is 1. The highest BCUT2D eigenvalue weighted by atomic mass is 16.5. The molecule has 1 amide bonds. The van der Waals surface area contributed by atoms with Crippen LogP contribution < -0.4 is 14.4 Å². The maximum absolute atomic E-state index is 12.9. The lowest BCUT2D eigenvalue weighted by Gasteiger charge is -2.41. The van der Waals surface area contributed by atoms with Gasteiger partial charge in [-0.15, -0.1) is 0 Å². The van der Waals surface area contributed by atoms with Crippen molar-refractivity contribution in [2.45, 2.75) is 25.7 Å². The lowest BCUT2D eigenvalue weighted by Crippen LogP contribution is -2.46. The number of benzene rings is 1. The smallest absolute Gasteiger partial charge is 0.227 e. The summed E-state index contributed by atoms with van der Waals surface area (Å²) in [5.74, 6) is 2.46. The number of carbonyl (C=O) groups is 1. The summed E-state index contributed by atoms with van der Waals surface area (Å²) in [4.78, 5) is 25.8. The predicted molar refractivity (Wildman–Crippen MR) is 110 cm³/mol. The molecule has 29 heavy (non-hydrogen) atoms. The Morgan fingerprint density at radius 3 is 2.83 bits per heavy atom. The molecular formula is C22H28N4O3. The molecular weight excluding hydrogens is 368 g/mol. The first-order valence-corrected chi connectivity index (χ1v) is 10.1. The van der Waals surface area contributed by atoms with Gasteiger partial charge in [0.2, 0.25) is 11.8 Å². The van der Waals surface area contributed by atoms with Crippen LogP contribution in [0.4, 0.5) is 5.82 Å². The van der Waals surface area contributed by atoms with Crippen LogP contribution in [0.3, 0.4) is 0 Å². The summed E-state index contributed by atoms with van der Waals surface area (Å²) >= 11 is 0. The van der Waals surface area contributed by atoms with E-state index in [9.17, 15) is 4.79 Å². The third kappa shape index (κ3) is 4.28. The van der Waals surface area contributed by atoms with E-state index in [2.05, 4.69) is 14.9 Å². The fraction of sp³-hybridized carbons (Fsp3) is 0.500. The van der Waals surface area contributed by atoms with E-state index in [4.69, 9.17) is 9.47 Å². The van der Waals surface area contributed by atoms with Gasteiger partial charge in [0.1, 0.15) is 17.9 Å². The summed E-state index contributed by atoms with van der Waals surface area (Å²) in [5, 5.41) is 0. The Balaban J connectivity index is 1.41. The molecule has 2 fully saturated rings. The van der Waals surface area contributed by atoms with Crippen molar-refractivity contribution >= 4 is 11.7 Å². The van der Waals surface area contributed by atoms with Gasteiger partial charge >= 0.3 is 0 Å². The van der Waals surface area contributed by atoms with Crippen LogP contribution >= 0.6 is 0 Å². The van der Waals surface area contributed by atoms with Crippen LogP contribution in [0, 0.1) is 5.41 Å². The largest absolute Gasteiger partial charge is 0.497 e. The maximum Gasteiger partial charge on any atom is 0.227 e.